The van der Waals surface area contributed by atoms with Crippen LogP contribution in [0.25, 0.3) is 0 Å². The van der Waals surface area contributed by atoms with Gasteiger partial charge >= 0.3 is 12.0 Å². The summed E-state index contributed by atoms with van der Waals surface area (Å²) in [7, 11) is 0. The minimum Gasteiger partial charge on any atom is -0.489 e. The summed E-state index contributed by atoms with van der Waals surface area (Å²) in [4.78, 5) is 25.3. The molecule has 9 nitrogen and oxygen atoms in total. The van der Waals surface area contributed by atoms with Crippen LogP contribution in [0.3, 0.4) is 0 Å². The number of benzene rings is 1. The van der Waals surface area contributed by atoms with E-state index >= 15 is 0 Å². The topological polar surface area (TPSA) is 114 Å². The molecule has 186 valence electrons. The van der Waals surface area contributed by atoms with Gasteiger partial charge in [-0.3, -0.25) is 0 Å². The van der Waals surface area contributed by atoms with Gasteiger partial charge in [0.2, 0.25) is 0 Å². The number of nitrogens with zero attached hydrogens (tertiary/aromatic N) is 3. The van der Waals surface area contributed by atoms with E-state index < -0.39 is 11.6 Å². The Morgan fingerprint density at radius 2 is 2.09 bits per heavy atom. The molecular formula is C24H32ClN3O6. The number of aromatic nitrogens is 2. The fourth-order valence-corrected chi connectivity index (χ4v) is 4.09. The maximum atomic E-state index is 12.6. The van der Waals surface area contributed by atoms with Gasteiger partial charge in [-0.1, -0.05) is 30.7 Å². The first-order valence-electron chi connectivity index (χ1n) is 11.4. The highest BCUT2D eigenvalue weighted by atomic mass is 35.5. The lowest BCUT2D eigenvalue weighted by Gasteiger charge is -2.22. The lowest BCUT2D eigenvalue weighted by atomic mass is 9.99. The van der Waals surface area contributed by atoms with Gasteiger partial charge in [0.15, 0.2) is 5.69 Å². The van der Waals surface area contributed by atoms with E-state index in [-0.39, 0.29) is 30.4 Å². The molecule has 0 bridgehead atoms. The number of hydrogen-bond donors (Lipinski definition) is 2. The molecule has 1 amide bonds. The molecule has 0 saturated carbocycles. The van der Waals surface area contributed by atoms with Gasteiger partial charge in [0.25, 0.3) is 0 Å². The lowest BCUT2D eigenvalue weighted by molar-refractivity contribution is 0.0219. The molecule has 10 heteroatoms. The molecule has 2 aromatic rings. The first kappa shape index (κ1) is 26.0. The summed E-state index contributed by atoms with van der Waals surface area (Å²) in [6.07, 6.45) is 3.84. The lowest BCUT2D eigenvalue weighted by Crippen LogP contribution is -2.33. The molecule has 0 unspecified atom stereocenters. The molecule has 1 aliphatic heterocycles. The Kier molecular flexibility index (Phi) is 8.57. The van der Waals surface area contributed by atoms with Crippen LogP contribution in [0.2, 0.25) is 5.02 Å². The summed E-state index contributed by atoms with van der Waals surface area (Å²) in [5, 5.41) is 23.2. The quantitative estimate of drug-likeness (QED) is 0.513. The number of likely N-dealkylation sites (tertiary alicyclic amines) is 1. The highest BCUT2D eigenvalue weighted by Gasteiger charge is 2.29. The second kappa shape index (κ2) is 11.2. The molecular weight excluding hydrogens is 462 g/mol. The number of aromatic carboxylic acids is 1. The fourth-order valence-electron chi connectivity index (χ4n) is 3.85. The third-order valence-corrected chi connectivity index (χ3v) is 6.14. The van der Waals surface area contributed by atoms with Gasteiger partial charge in [-0.2, -0.15) is 9.78 Å². The Morgan fingerprint density at radius 1 is 1.32 bits per heavy atom. The molecule has 0 aliphatic carbocycles. The minimum absolute atomic E-state index is 0.000356. The summed E-state index contributed by atoms with van der Waals surface area (Å²) in [6.45, 7) is 7.01. The zero-order valence-corrected chi connectivity index (χ0v) is 20.5. The van der Waals surface area contributed by atoms with Crippen LogP contribution in [0.5, 0.6) is 5.75 Å². The second-order valence-electron chi connectivity index (χ2n) is 9.24. The van der Waals surface area contributed by atoms with Crippen LogP contribution in [-0.2, 0) is 11.3 Å². The number of carbonyl (C=O) groups is 2. The molecule has 34 heavy (non-hydrogen) atoms. The number of hydrogen-bond acceptors (Lipinski definition) is 6. The predicted octanol–water partition coefficient (Wildman–Crippen LogP) is 4.06. The van der Waals surface area contributed by atoms with Crippen molar-refractivity contribution in [1.82, 2.24) is 14.7 Å². The largest absolute Gasteiger partial charge is 0.489 e. The van der Waals surface area contributed by atoms with Crippen molar-refractivity contribution >= 4 is 23.6 Å². The van der Waals surface area contributed by atoms with Crippen LogP contribution in [0, 0.1) is 5.92 Å². The first-order valence-corrected chi connectivity index (χ1v) is 11.8. The summed E-state index contributed by atoms with van der Waals surface area (Å²) >= 11 is 6.49. The van der Waals surface area contributed by atoms with Gasteiger partial charge in [0.1, 0.15) is 12.4 Å². The molecule has 2 heterocycles. The third-order valence-electron chi connectivity index (χ3n) is 5.71. The molecule has 1 saturated heterocycles. The average molecular weight is 494 g/mol. The maximum Gasteiger partial charge on any atom is 0.356 e. The van der Waals surface area contributed by atoms with Crippen LogP contribution in [-0.4, -0.2) is 68.3 Å². The van der Waals surface area contributed by atoms with Crippen molar-refractivity contribution in [1.29, 1.82) is 0 Å². The molecule has 2 N–H and O–H groups in total. The SMILES string of the molecule is CC[C@@H](C[C@@H]1CCN(C(=O)n2ccc(C(=O)O)n2)C1)OCc1cccc(OCC(C)(C)O)c1Cl. The summed E-state index contributed by atoms with van der Waals surface area (Å²) in [5.41, 5.74) is -0.309. The zero-order chi connectivity index (χ0) is 24.9. The second-order valence-corrected chi connectivity index (χ2v) is 9.62. The smallest absolute Gasteiger partial charge is 0.356 e. The molecule has 1 aliphatic rings. The zero-order valence-electron chi connectivity index (χ0n) is 19.7. The van der Waals surface area contributed by atoms with E-state index in [4.69, 9.17) is 26.2 Å². The molecule has 1 aromatic heterocycles. The van der Waals surface area contributed by atoms with Crippen molar-refractivity contribution in [3.63, 3.8) is 0 Å². The molecule has 0 radical (unpaired) electrons. The molecule has 1 aromatic carbocycles. The van der Waals surface area contributed by atoms with Gasteiger partial charge in [-0.25, -0.2) is 9.59 Å². The first-order chi connectivity index (χ1) is 16.1. The van der Waals surface area contributed by atoms with Crippen molar-refractivity contribution < 1.29 is 29.3 Å². The van der Waals surface area contributed by atoms with E-state index in [2.05, 4.69) is 12.0 Å². The summed E-state index contributed by atoms with van der Waals surface area (Å²) in [5.74, 6) is -0.379. The van der Waals surface area contributed by atoms with Gasteiger partial charge in [0.05, 0.1) is 23.3 Å². The highest BCUT2D eigenvalue weighted by Crippen LogP contribution is 2.30. The fraction of sp³-hybridized carbons (Fsp3) is 0.542. The normalized spacial score (nSPS) is 17.1. The van der Waals surface area contributed by atoms with Crippen LogP contribution in [0.4, 0.5) is 4.79 Å². The average Bonchev–Trinajstić information content (AvgIpc) is 3.45. The Morgan fingerprint density at radius 3 is 2.74 bits per heavy atom. The van der Waals surface area contributed by atoms with Gasteiger partial charge in [-0.05, 0) is 51.2 Å². The number of amides is 1. The Balaban J connectivity index is 1.52. The van der Waals surface area contributed by atoms with Gasteiger partial charge < -0.3 is 24.6 Å². The van der Waals surface area contributed by atoms with E-state index in [9.17, 15) is 14.7 Å². The number of ether oxygens (including phenoxy) is 2. The highest BCUT2D eigenvalue weighted by molar-refractivity contribution is 6.32. The molecule has 3 rings (SSSR count). The number of carboxylic acids is 1. The number of carboxylic acid groups (broad SMARTS) is 1. The van der Waals surface area contributed by atoms with E-state index in [1.165, 1.54) is 12.3 Å². The minimum atomic E-state index is -1.16. The predicted molar refractivity (Wildman–Crippen MR) is 126 cm³/mol. The maximum absolute atomic E-state index is 12.6. The van der Waals surface area contributed by atoms with Crippen molar-refractivity contribution in [3.8, 4) is 5.75 Å². The molecule has 2 atom stereocenters. The Bertz CT molecular complexity index is 1000. The standard InChI is InChI=1S/C24H32ClN3O6/c1-4-18(33-14-17-6-5-7-20(21(17)25)34-15-24(2,3)32)12-16-8-10-27(13-16)23(31)28-11-9-19(26-28)22(29)30/h5-7,9,11,16,18,32H,4,8,10,12-15H2,1-3H3,(H,29,30)/t16-,18-/m0/s1. The molecule has 0 spiro atoms. The van der Waals surface area contributed by atoms with Crippen molar-refractivity contribution in [2.45, 2.75) is 58.3 Å². The van der Waals surface area contributed by atoms with Crippen LogP contribution in [0.15, 0.2) is 30.5 Å². The van der Waals surface area contributed by atoms with Gasteiger partial charge in [-0.15, -0.1) is 0 Å². The molecule has 1 fully saturated rings. The van der Waals surface area contributed by atoms with E-state index in [1.54, 1.807) is 24.8 Å². The number of aliphatic hydroxyl groups is 1. The number of rotatable bonds is 10. The van der Waals surface area contributed by atoms with Crippen molar-refractivity contribution in [2.24, 2.45) is 5.92 Å². The number of carbonyl (C=O) groups excluding carboxylic acids is 1. The van der Waals surface area contributed by atoms with E-state index in [1.807, 2.05) is 12.1 Å². The van der Waals surface area contributed by atoms with Crippen molar-refractivity contribution in [2.75, 3.05) is 19.7 Å². The monoisotopic (exact) mass is 493 g/mol. The van der Waals surface area contributed by atoms with Crippen LogP contribution >= 0.6 is 11.6 Å². The Labute approximate surface area is 204 Å². The number of halogens is 1. The Hall–Kier alpha value is -2.62. The third kappa shape index (κ3) is 6.94. The van der Waals surface area contributed by atoms with Crippen LogP contribution in [0.1, 0.15) is 56.1 Å². The summed E-state index contributed by atoms with van der Waals surface area (Å²) in [6, 6.07) is 6.48. The summed E-state index contributed by atoms with van der Waals surface area (Å²) < 4.78 is 12.9. The van der Waals surface area contributed by atoms with Crippen molar-refractivity contribution in [3.05, 3.63) is 46.7 Å². The van der Waals surface area contributed by atoms with E-state index in [0.29, 0.717) is 30.5 Å². The van der Waals surface area contributed by atoms with Crippen LogP contribution < -0.4 is 4.74 Å². The van der Waals surface area contributed by atoms with E-state index in [0.717, 1.165) is 29.5 Å². The van der Waals surface area contributed by atoms with Gasteiger partial charge in [0, 0.05) is 24.8 Å².